The molecule has 7 heteroatoms. The number of rotatable bonds is 11. The van der Waals surface area contributed by atoms with Crippen LogP contribution in [-0.2, 0) is 17.2 Å². The van der Waals surface area contributed by atoms with Crippen molar-refractivity contribution in [3.8, 4) is 11.5 Å². The van der Waals surface area contributed by atoms with Gasteiger partial charge in [-0.2, -0.15) is 5.10 Å². The van der Waals surface area contributed by atoms with Gasteiger partial charge in [-0.05, 0) is 60.9 Å². The summed E-state index contributed by atoms with van der Waals surface area (Å²) in [4.78, 5) is 12.3. The molecule has 1 amide bonds. The molecule has 5 nitrogen and oxygen atoms in total. The number of hydrazone groups is 1. The van der Waals surface area contributed by atoms with Crippen molar-refractivity contribution in [2.75, 3.05) is 6.61 Å². The van der Waals surface area contributed by atoms with E-state index in [1.54, 1.807) is 18.0 Å². The lowest BCUT2D eigenvalue weighted by Gasteiger charge is -2.13. The van der Waals surface area contributed by atoms with Gasteiger partial charge in [-0.1, -0.05) is 54.1 Å². The molecule has 3 aromatic carbocycles. The number of halogens is 1. The summed E-state index contributed by atoms with van der Waals surface area (Å²) >= 11 is 7.61. The molecule has 0 saturated carbocycles. The maximum absolute atomic E-state index is 12.3. The number of carbonyl (C=O) groups excluding carboxylic acids is 1. The number of thioether (sulfide) groups is 1. The highest BCUT2D eigenvalue weighted by molar-refractivity contribution is 7.99. The minimum atomic E-state index is -0.219. The van der Waals surface area contributed by atoms with E-state index in [1.807, 2.05) is 86.6 Å². The van der Waals surface area contributed by atoms with E-state index in [-0.39, 0.29) is 11.2 Å². The molecule has 0 bridgehead atoms. The van der Waals surface area contributed by atoms with Crippen LogP contribution in [0.2, 0.25) is 5.02 Å². The molecule has 0 aliphatic heterocycles. The summed E-state index contributed by atoms with van der Waals surface area (Å²) in [5, 5.41) is 4.55. The predicted octanol–water partition coefficient (Wildman–Crippen LogP) is 6.09. The third kappa shape index (κ3) is 8.15. The van der Waals surface area contributed by atoms with Gasteiger partial charge in [0.1, 0.15) is 6.61 Å². The van der Waals surface area contributed by atoms with Crippen LogP contribution in [0, 0.1) is 0 Å². The van der Waals surface area contributed by atoms with E-state index < -0.39 is 0 Å². The van der Waals surface area contributed by atoms with Crippen molar-refractivity contribution in [1.29, 1.82) is 0 Å². The minimum Gasteiger partial charge on any atom is -0.490 e. The first kappa shape index (κ1) is 24.7. The maximum Gasteiger partial charge on any atom is 0.252 e. The molecule has 3 rings (SSSR count). The average Bonchev–Trinajstić information content (AvgIpc) is 2.83. The quantitative estimate of drug-likeness (QED) is 0.265. The van der Waals surface area contributed by atoms with Crippen LogP contribution >= 0.6 is 23.4 Å². The Bertz CT molecular complexity index is 1080. The van der Waals surface area contributed by atoms with Gasteiger partial charge in [-0.3, -0.25) is 4.79 Å². The van der Waals surface area contributed by atoms with Gasteiger partial charge in [0, 0.05) is 10.8 Å². The molecule has 0 saturated heterocycles. The molecule has 0 aliphatic carbocycles. The van der Waals surface area contributed by atoms with E-state index >= 15 is 0 Å². The van der Waals surface area contributed by atoms with Crippen LogP contribution < -0.4 is 14.9 Å². The molecular weight excluding hydrogens is 456 g/mol. The summed E-state index contributed by atoms with van der Waals surface area (Å²) in [6, 6.07) is 23.1. The number of amides is 1. The fourth-order valence-corrected chi connectivity index (χ4v) is 3.96. The van der Waals surface area contributed by atoms with Gasteiger partial charge in [0.15, 0.2) is 11.5 Å². The Morgan fingerprint density at radius 1 is 1.03 bits per heavy atom. The Hall–Kier alpha value is -2.96. The Morgan fingerprint density at radius 2 is 1.82 bits per heavy atom. The van der Waals surface area contributed by atoms with E-state index in [1.165, 1.54) is 5.56 Å². The predicted molar refractivity (Wildman–Crippen MR) is 136 cm³/mol. The summed E-state index contributed by atoms with van der Waals surface area (Å²) in [5.74, 6) is 1.87. The molecule has 0 spiro atoms. The highest BCUT2D eigenvalue weighted by Gasteiger charge is 2.12. The van der Waals surface area contributed by atoms with Crippen LogP contribution in [-0.4, -0.2) is 24.0 Å². The van der Waals surface area contributed by atoms with Crippen molar-refractivity contribution < 1.29 is 14.3 Å². The molecule has 1 N–H and O–H groups in total. The Balaban J connectivity index is 1.54. The standard InChI is InChI=1S/C26H27ClN2O3S/c1-3-31-25-15-21(12-13-24(25)32-17-22-10-7-11-23(27)14-22)16-28-29-26(30)19(2)33-18-20-8-5-4-6-9-20/h4-16,19H,3,17-18H2,1-2H3,(H,29,30)/b28-16-/t19-/m1/s1. The Morgan fingerprint density at radius 3 is 2.58 bits per heavy atom. The molecule has 0 radical (unpaired) electrons. The van der Waals surface area contributed by atoms with Crippen LogP contribution in [0.4, 0.5) is 0 Å². The van der Waals surface area contributed by atoms with Crippen molar-refractivity contribution in [1.82, 2.24) is 5.43 Å². The minimum absolute atomic E-state index is 0.140. The molecule has 1 atom stereocenters. The summed E-state index contributed by atoms with van der Waals surface area (Å²) in [6.07, 6.45) is 1.59. The third-order valence-corrected chi connectivity index (χ3v) is 6.10. The highest BCUT2D eigenvalue weighted by Crippen LogP contribution is 2.29. The van der Waals surface area contributed by atoms with Gasteiger partial charge in [0.05, 0.1) is 18.1 Å². The van der Waals surface area contributed by atoms with Gasteiger partial charge in [-0.15, -0.1) is 11.8 Å². The van der Waals surface area contributed by atoms with Crippen LogP contribution in [0.3, 0.4) is 0 Å². The van der Waals surface area contributed by atoms with Gasteiger partial charge in [0.25, 0.3) is 5.91 Å². The normalized spacial score (nSPS) is 11.8. The molecule has 172 valence electrons. The van der Waals surface area contributed by atoms with E-state index in [9.17, 15) is 4.79 Å². The van der Waals surface area contributed by atoms with E-state index in [0.29, 0.717) is 29.7 Å². The Kier molecular flexibility index (Phi) is 9.66. The monoisotopic (exact) mass is 482 g/mol. The zero-order valence-electron chi connectivity index (χ0n) is 18.7. The lowest BCUT2D eigenvalue weighted by Crippen LogP contribution is -2.27. The van der Waals surface area contributed by atoms with E-state index in [4.69, 9.17) is 21.1 Å². The zero-order chi connectivity index (χ0) is 23.5. The second kappa shape index (κ2) is 12.9. The molecule has 0 aliphatic rings. The van der Waals surface area contributed by atoms with Gasteiger partial charge in [-0.25, -0.2) is 5.43 Å². The number of carbonyl (C=O) groups is 1. The summed E-state index contributed by atoms with van der Waals surface area (Å²) in [6.45, 7) is 4.66. The lowest BCUT2D eigenvalue weighted by molar-refractivity contribution is -0.120. The van der Waals surface area contributed by atoms with Crippen LogP contribution in [0.1, 0.15) is 30.5 Å². The second-order valence-electron chi connectivity index (χ2n) is 7.23. The molecule has 0 aromatic heterocycles. The van der Waals surface area contributed by atoms with E-state index in [2.05, 4.69) is 10.5 Å². The van der Waals surface area contributed by atoms with Crippen molar-refractivity contribution in [3.05, 3.63) is 94.5 Å². The summed E-state index contributed by atoms with van der Waals surface area (Å²) in [5.41, 5.74) is 5.56. The second-order valence-corrected chi connectivity index (χ2v) is 9.00. The fraction of sp³-hybridized carbons (Fsp3) is 0.231. The third-order valence-electron chi connectivity index (χ3n) is 4.65. The SMILES string of the molecule is CCOc1cc(/C=N\NC(=O)[C@@H](C)SCc2ccccc2)ccc1OCc1cccc(Cl)c1. The fourth-order valence-electron chi connectivity index (χ4n) is 2.91. The van der Waals surface area contributed by atoms with Gasteiger partial charge in [0.2, 0.25) is 0 Å². The Labute approximate surface area is 204 Å². The van der Waals surface area contributed by atoms with Crippen molar-refractivity contribution in [2.24, 2.45) is 5.10 Å². The highest BCUT2D eigenvalue weighted by atomic mass is 35.5. The van der Waals surface area contributed by atoms with Crippen molar-refractivity contribution in [3.63, 3.8) is 0 Å². The number of nitrogens with one attached hydrogen (secondary N) is 1. The number of hydrogen-bond acceptors (Lipinski definition) is 5. The first-order chi connectivity index (χ1) is 16.0. The maximum atomic E-state index is 12.3. The zero-order valence-corrected chi connectivity index (χ0v) is 20.2. The molecule has 33 heavy (non-hydrogen) atoms. The number of nitrogens with zero attached hydrogens (tertiary/aromatic N) is 1. The van der Waals surface area contributed by atoms with Gasteiger partial charge >= 0.3 is 0 Å². The largest absolute Gasteiger partial charge is 0.490 e. The number of benzene rings is 3. The first-order valence-electron chi connectivity index (χ1n) is 10.7. The summed E-state index contributed by atoms with van der Waals surface area (Å²) in [7, 11) is 0. The molecular formula is C26H27ClN2O3S. The average molecular weight is 483 g/mol. The lowest BCUT2D eigenvalue weighted by atomic mass is 10.2. The van der Waals surface area contributed by atoms with Crippen LogP contribution in [0.25, 0.3) is 0 Å². The molecule has 0 unspecified atom stereocenters. The van der Waals surface area contributed by atoms with Crippen molar-refractivity contribution >= 4 is 35.5 Å². The number of hydrogen-bond donors (Lipinski definition) is 1. The topological polar surface area (TPSA) is 59.9 Å². The van der Waals surface area contributed by atoms with Crippen LogP contribution in [0.15, 0.2) is 77.9 Å². The smallest absolute Gasteiger partial charge is 0.252 e. The van der Waals surface area contributed by atoms with Gasteiger partial charge < -0.3 is 9.47 Å². The van der Waals surface area contributed by atoms with Crippen molar-refractivity contribution in [2.45, 2.75) is 31.5 Å². The number of ether oxygens (including phenoxy) is 2. The molecule has 0 fully saturated rings. The molecule has 3 aromatic rings. The van der Waals surface area contributed by atoms with E-state index in [0.717, 1.165) is 16.9 Å². The van der Waals surface area contributed by atoms with Crippen LogP contribution in [0.5, 0.6) is 11.5 Å². The first-order valence-corrected chi connectivity index (χ1v) is 12.1. The molecule has 0 heterocycles. The summed E-state index contributed by atoms with van der Waals surface area (Å²) < 4.78 is 11.6.